The standard InChI is InChI=1S/C27H28N2O6S2/c1-19-4-6-22-16-26(13-8-21(22)14-19)37(32,33)29-27-15-20(5-7-23(27)17-28-36(3,30)31)18-35-25-11-9-24(34-2)10-12-25/h4-16,28-29H,17-18H2,1-3H3. The van der Waals surface area contributed by atoms with Crippen molar-refractivity contribution in [3.63, 3.8) is 0 Å². The van der Waals surface area contributed by atoms with Gasteiger partial charge in [0, 0.05) is 6.54 Å². The highest BCUT2D eigenvalue weighted by Crippen LogP contribution is 2.26. The Morgan fingerprint density at radius 3 is 2.16 bits per heavy atom. The molecule has 0 amide bonds. The number of fused-ring (bicyclic) bond motifs is 1. The van der Waals surface area contributed by atoms with Crippen LogP contribution in [0.2, 0.25) is 0 Å². The van der Waals surface area contributed by atoms with Gasteiger partial charge in [-0.05, 0) is 71.3 Å². The van der Waals surface area contributed by atoms with E-state index in [1.807, 2.05) is 25.1 Å². The van der Waals surface area contributed by atoms with Crippen LogP contribution < -0.4 is 18.9 Å². The summed E-state index contributed by atoms with van der Waals surface area (Å²) in [5.74, 6) is 1.33. The third-order valence-corrected chi connectivity index (χ3v) is 7.72. The summed E-state index contributed by atoms with van der Waals surface area (Å²) in [6, 6.07) is 22.9. The minimum atomic E-state index is -3.96. The van der Waals surface area contributed by atoms with Crippen molar-refractivity contribution < 1.29 is 26.3 Å². The molecule has 10 heteroatoms. The van der Waals surface area contributed by atoms with Gasteiger partial charge in [0.25, 0.3) is 10.0 Å². The summed E-state index contributed by atoms with van der Waals surface area (Å²) in [4.78, 5) is 0.103. The van der Waals surface area contributed by atoms with Crippen LogP contribution in [0.15, 0.2) is 83.8 Å². The van der Waals surface area contributed by atoms with Crippen LogP contribution in [0.3, 0.4) is 0 Å². The van der Waals surface area contributed by atoms with Crippen molar-refractivity contribution >= 4 is 36.5 Å². The van der Waals surface area contributed by atoms with Crippen LogP contribution in [0.25, 0.3) is 10.8 Å². The molecule has 0 aliphatic rings. The summed E-state index contributed by atoms with van der Waals surface area (Å²) >= 11 is 0. The molecule has 4 rings (SSSR count). The first kappa shape index (κ1) is 26.5. The Hall–Kier alpha value is -3.60. The zero-order valence-corrected chi connectivity index (χ0v) is 22.3. The SMILES string of the molecule is COc1ccc(OCc2ccc(CNS(C)(=O)=O)c(NS(=O)(=O)c3ccc4cc(C)ccc4c3)c2)cc1. The maximum atomic E-state index is 13.3. The van der Waals surface area contributed by atoms with Gasteiger partial charge in [-0.3, -0.25) is 4.72 Å². The van der Waals surface area contributed by atoms with Crippen LogP contribution in [-0.4, -0.2) is 30.2 Å². The van der Waals surface area contributed by atoms with E-state index in [0.717, 1.165) is 22.6 Å². The molecular formula is C27H28N2O6S2. The van der Waals surface area contributed by atoms with Gasteiger partial charge in [0.05, 0.1) is 23.9 Å². The van der Waals surface area contributed by atoms with Crippen molar-refractivity contribution in [1.82, 2.24) is 4.72 Å². The Kier molecular flexibility index (Phi) is 7.72. The molecule has 0 aliphatic carbocycles. The number of ether oxygens (including phenoxy) is 2. The number of hydrogen-bond donors (Lipinski definition) is 2. The molecule has 37 heavy (non-hydrogen) atoms. The van der Waals surface area contributed by atoms with Gasteiger partial charge in [-0.1, -0.05) is 42.0 Å². The molecule has 4 aromatic carbocycles. The Morgan fingerprint density at radius 2 is 1.46 bits per heavy atom. The molecule has 0 atom stereocenters. The smallest absolute Gasteiger partial charge is 0.261 e. The van der Waals surface area contributed by atoms with Gasteiger partial charge in [-0.25, -0.2) is 21.6 Å². The lowest BCUT2D eigenvalue weighted by Gasteiger charge is -2.16. The summed E-state index contributed by atoms with van der Waals surface area (Å²) in [6.45, 7) is 2.08. The first-order chi connectivity index (χ1) is 17.5. The van der Waals surface area contributed by atoms with Crippen LogP contribution in [0.4, 0.5) is 5.69 Å². The fraction of sp³-hybridized carbons (Fsp3) is 0.185. The number of aryl methyl sites for hydroxylation is 1. The highest BCUT2D eigenvalue weighted by atomic mass is 32.2. The molecule has 8 nitrogen and oxygen atoms in total. The van der Waals surface area contributed by atoms with Gasteiger partial charge >= 0.3 is 0 Å². The van der Waals surface area contributed by atoms with Gasteiger partial charge in [0.15, 0.2) is 0 Å². The lowest BCUT2D eigenvalue weighted by molar-refractivity contribution is 0.305. The molecule has 0 saturated carbocycles. The summed E-state index contributed by atoms with van der Waals surface area (Å²) in [5.41, 5.74) is 2.51. The minimum Gasteiger partial charge on any atom is -0.497 e. The molecule has 0 saturated heterocycles. The van der Waals surface area contributed by atoms with Crippen LogP contribution in [-0.2, 0) is 33.2 Å². The number of benzene rings is 4. The first-order valence-corrected chi connectivity index (χ1v) is 14.8. The first-order valence-electron chi connectivity index (χ1n) is 11.4. The van der Waals surface area contributed by atoms with E-state index < -0.39 is 20.0 Å². The van der Waals surface area contributed by atoms with Crippen LogP contribution in [0.1, 0.15) is 16.7 Å². The third-order valence-electron chi connectivity index (χ3n) is 5.69. The molecule has 2 N–H and O–H groups in total. The number of sulfonamides is 2. The van der Waals surface area contributed by atoms with Gasteiger partial charge in [0.2, 0.25) is 10.0 Å². The third kappa shape index (κ3) is 7.00. The fourth-order valence-electron chi connectivity index (χ4n) is 3.72. The van der Waals surface area contributed by atoms with E-state index in [9.17, 15) is 16.8 Å². The second-order valence-electron chi connectivity index (χ2n) is 8.67. The number of hydrogen-bond acceptors (Lipinski definition) is 6. The second kappa shape index (κ2) is 10.8. The van der Waals surface area contributed by atoms with Gasteiger partial charge < -0.3 is 9.47 Å². The molecule has 194 valence electrons. The van der Waals surface area contributed by atoms with Crippen molar-refractivity contribution in [1.29, 1.82) is 0 Å². The minimum absolute atomic E-state index is 0.0761. The van der Waals surface area contributed by atoms with Crippen LogP contribution in [0.5, 0.6) is 11.5 Å². The van der Waals surface area contributed by atoms with Crippen LogP contribution in [0, 0.1) is 6.92 Å². The largest absolute Gasteiger partial charge is 0.497 e. The molecule has 0 fully saturated rings. The van der Waals surface area contributed by atoms with Crippen molar-refractivity contribution in [2.24, 2.45) is 0 Å². The Morgan fingerprint density at radius 1 is 0.784 bits per heavy atom. The van der Waals surface area contributed by atoms with E-state index in [-0.39, 0.29) is 23.7 Å². The number of methoxy groups -OCH3 is 1. The average Bonchev–Trinajstić information content (AvgIpc) is 2.86. The van der Waals surface area contributed by atoms with Crippen molar-refractivity contribution in [2.45, 2.75) is 25.0 Å². The van der Waals surface area contributed by atoms with Gasteiger partial charge in [0.1, 0.15) is 18.1 Å². The molecule has 0 spiro atoms. The fourth-order valence-corrected chi connectivity index (χ4v) is 5.27. The molecule has 0 aromatic heterocycles. The van der Waals surface area contributed by atoms with Gasteiger partial charge in [-0.2, -0.15) is 0 Å². The van der Waals surface area contributed by atoms with E-state index in [4.69, 9.17) is 9.47 Å². The Balaban J connectivity index is 1.62. The molecule has 4 aromatic rings. The summed E-state index contributed by atoms with van der Waals surface area (Å²) in [5, 5.41) is 1.74. The van der Waals surface area contributed by atoms with Crippen molar-refractivity contribution in [3.05, 3.63) is 95.6 Å². The molecule has 0 heterocycles. The average molecular weight is 541 g/mol. The van der Waals surface area contributed by atoms with Crippen molar-refractivity contribution in [3.8, 4) is 11.5 Å². The van der Waals surface area contributed by atoms with E-state index in [0.29, 0.717) is 22.6 Å². The highest BCUT2D eigenvalue weighted by Gasteiger charge is 2.18. The van der Waals surface area contributed by atoms with E-state index >= 15 is 0 Å². The maximum absolute atomic E-state index is 13.3. The normalized spacial score (nSPS) is 11.9. The molecule has 0 unspecified atom stereocenters. The zero-order valence-electron chi connectivity index (χ0n) is 20.7. The lowest BCUT2D eigenvalue weighted by Crippen LogP contribution is -2.23. The highest BCUT2D eigenvalue weighted by molar-refractivity contribution is 7.92. The molecular weight excluding hydrogens is 512 g/mol. The molecule has 0 bridgehead atoms. The number of rotatable bonds is 10. The summed E-state index contributed by atoms with van der Waals surface area (Å²) in [6.07, 6.45) is 1.05. The van der Waals surface area contributed by atoms with Crippen LogP contribution >= 0.6 is 0 Å². The Labute approximate surface area is 217 Å². The predicted octanol–water partition coefficient (Wildman–Crippen LogP) is 4.59. The topological polar surface area (TPSA) is 111 Å². The zero-order chi connectivity index (χ0) is 26.6. The van der Waals surface area contributed by atoms with E-state index in [1.54, 1.807) is 67.8 Å². The number of anilines is 1. The monoisotopic (exact) mass is 540 g/mol. The second-order valence-corrected chi connectivity index (χ2v) is 12.2. The predicted molar refractivity (Wildman–Crippen MR) is 145 cm³/mol. The van der Waals surface area contributed by atoms with E-state index in [1.165, 1.54) is 0 Å². The lowest BCUT2D eigenvalue weighted by atomic mass is 10.1. The van der Waals surface area contributed by atoms with Crippen molar-refractivity contribution in [2.75, 3.05) is 18.1 Å². The summed E-state index contributed by atoms with van der Waals surface area (Å²) in [7, 11) is -5.87. The van der Waals surface area contributed by atoms with Gasteiger partial charge in [-0.15, -0.1) is 0 Å². The Bertz CT molecular complexity index is 1630. The number of nitrogens with one attached hydrogen (secondary N) is 2. The molecule has 0 aliphatic heterocycles. The summed E-state index contributed by atoms with van der Waals surface area (Å²) < 4.78 is 66.0. The maximum Gasteiger partial charge on any atom is 0.261 e. The quantitative estimate of drug-likeness (QED) is 0.305. The molecule has 0 radical (unpaired) electrons. The van der Waals surface area contributed by atoms with E-state index in [2.05, 4.69) is 9.44 Å².